The van der Waals surface area contributed by atoms with E-state index in [9.17, 15) is 22.8 Å². The number of alkyl halides is 3. The van der Waals surface area contributed by atoms with Crippen molar-refractivity contribution in [3.63, 3.8) is 0 Å². The minimum Gasteiger partial charge on any atom is -0.479 e. The van der Waals surface area contributed by atoms with Gasteiger partial charge in [0.25, 0.3) is 0 Å². The van der Waals surface area contributed by atoms with Crippen molar-refractivity contribution in [1.29, 1.82) is 0 Å². The molecular weight excluding hydrogens is 315 g/mol. The van der Waals surface area contributed by atoms with Gasteiger partial charge in [0.2, 0.25) is 5.91 Å². The van der Waals surface area contributed by atoms with Crippen molar-refractivity contribution in [2.75, 3.05) is 13.7 Å². The summed E-state index contributed by atoms with van der Waals surface area (Å²) in [7, 11) is 1.23. The Kier molecular flexibility index (Phi) is 4.93. The van der Waals surface area contributed by atoms with Gasteiger partial charge in [-0.1, -0.05) is 12.1 Å². The van der Waals surface area contributed by atoms with Crippen molar-refractivity contribution in [2.24, 2.45) is 5.92 Å². The van der Waals surface area contributed by atoms with Gasteiger partial charge in [0.15, 0.2) is 6.10 Å². The third-order valence-electron chi connectivity index (χ3n) is 3.82. The standard InChI is InChI=1S/C15H16F3NO4/c1-23-12(14(21)22)7-19-13(20)11-6-10(11)8-2-4-9(5-3-8)15(16,17)18/h2-5,10-12H,6-7H2,1H3,(H,19,20)(H,21,22). The number of hydrogen-bond acceptors (Lipinski definition) is 3. The lowest BCUT2D eigenvalue weighted by atomic mass is 10.1. The Morgan fingerprint density at radius 2 is 1.96 bits per heavy atom. The number of aliphatic carboxylic acids is 1. The number of carbonyl (C=O) groups is 2. The summed E-state index contributed by atoms with van der Waals surface area (Å²) >= 11 is 0. The van der Waals surface area contributed by atoms with Crippen molar-refractivity contribution in [1.82, 2.24) is 5.32 Å². The number of methoxy groups -OCH3 is 1. The minimum atomic E-state index is -4.38. The molecule has 0 heterocycles. The normalized spacial score (nSPS) is 21.6. The number of rotatable bonds is 6. The van der Waals surface area contributed by atoms with Crippen LogP contribution in [0.1, 0.15) is 23.5 Å². The van der Waals surface area contributed by atoms with Crippen LogP contribution in [0, 0.1) is 5.92 Å². The topological polar surface area (TPSA) is 75.6 Å². The van der Waals surface area contributed by atoms with E-state index in [-0.39, 0.29) is 24.3 Å². The summed E-state index contributed by atoms with van der Waals surface area (Å²) in [5.74, 6) is -1.98. The highest BCUT2D eigenvalue weighted by atomic mass is 19.4. The molecule has 0 aliphatic heterocycles. The first-order chi connectivity index (χ1) is 10.7. The van der Waals surface area contributed by atoms with Crippen molar-refractivity contribution in [2.45, 2.75) is 24.6 Å². The average Bonchev–Trinajstić information content (AvgIpc) is 3.27. The number of amides is 1. The van der Waals surface area contributed by atoms with Gasteiger partial charge < -0.3 is 15.2 Å². The van der Waals surface area contributed by atoms with E-state index in [2.05, 4.69) is 5.32 Å². The van der Waals surface area contributed by atoms with Crippen molar-refractivity contribution in [3.05, 3.63) is 35.4 Å². The fourth-order valence-electron chi connectivity index (χ4n) is 2.37. The Labute approximate surface area is 130 Å². The second kappa shape index (κ2) is 6.57. The van der Waals surface area contributed by atoms with E-state index in [4.69, 9.17) is 9.84 Å². The molecule has 0 bridgehead atoms. The van der Waals surface area contributed by atoms with E-state index in [1.807, 2.05) is 0 Å². The summed E-state index contributed by atoms with van der Waals surface area (Å²) < 4.78 is 42.2. The molecule has 1 aliphatic rings. The van der Waals surface area contributed by atoms with Crippen LogP contribution in [0.5, 0.6) is 0 Å². The molecule has 1 saturated carbocycles. The second-order valence-corrected chi connectivity index (χ2v) is 5.38. The molecule has 23 heavy (non-hydrogen) atoms. The molecule has 0 aromatic heterocycles. The predicted molar refractivity (Wildman–Crippen MR) is 73.7 cm³/mol. The van der Waals surface area contributed by atoms with Gasteiger partial charge in [-0.2, -0.15) is 13.2 Å². The quantitative estimate of drug-likeness (QED) is 0.836. The molecule has 1 amide bonds. The SMILES string of the molecule is COC(CNC(=O)C1CC1c1ccc(C(F)(F)F)cc1)C(=O)O. The highest BCUT2D eigenvalue weighted by Gasteiger charge is 2.44. The number of nitrogens with one attached hydrogen (secondary N) is 1. The minimum absolute atomic E-state index is 0.136. The number of halogens is 3. The second-order valence-electron chi connectivity index (χ2n) is 5.38. The van der Waals surface area contributed by atoms with Crippen LogP contribution in [-0.2, 0) is 20.5 Å². The summed E-state index contributed by atoms with van der Waals surface area (Å²) in [6.07, 6.45) is -4.98. The predicted octanol–water partition coefficient (Wildman–Crippen LogP) is 2.02. The third kappa shape index (κ3) is 4.22. The Bertz CT molecular complexity index is 585. The van der Waals surface area contributed by atoms with Crippen LogP contribution in [0.15, 0.2) is 24.3 Å². The van der Waals surface area contributed by atoms with Crippen LogP contribution >= 0.6 is 0 Å². The molecule has 1 aliphatic carbocycles. The Hall–Kier alpha value is -2.09. The summed E-state index contributed by atoms with van der Waals surface area (Å²) in [4.78, 5) is 22.7. The van der Waals surface area contributed by atoms with Crippen molar-refractivity contribution >= 4 is 11.9 Å². The largest absolute Gasteiger partial charge is 0.479 e. The lowest BCUT2D eigenvalue weighted by molar-refractivity contribution is -0.148. The maximum Gasteiger partial charge on any atom is 0.416 e. The molecule has 2 N–H and O–H groups in total. The molecule has 1 fully saturated rings. The molecule has 126 valence electrons. The molecule has 0 saturated heterocycles. The Balaban J connectivity index is 1.89. The molecule has 0 spiro atoms. The van der Waals surface area contributed by atoms with Gasteiger partial charge in [0.1, 0.15) is 0 Å². The fraction of sp³-hybridized carbons (Fsp3) is 0.467. The third-order valence-corrected chi connectivity index (χ3v) is 3.82. The number of carbonyl (C=O) groups excluding carboxylic acids is 1. The first kappa shape index (κ1) is 17.3. The number of carboxylic acid groups (broad SMARTS) is 1. The number of carboxylic acids is 1. The molecule has 5 nitrogen and oxygen atoms in total. The number of ether oxygens (including phenoxy) is 1. The van der Waals surface area contributed by atoms with Crippen molar-refractivity contribution in [3.8, 4) is 0 Å². The molecule has 2 rings (SSSR count). The van der Waals surface area contributed by atoms with E-state index in [1.54, 1.807) is 0 Å². The molecule has 8 heteroatoms. The van der Waals surface area contributed by atoms with Crippen LogP contribution in [-0.4, -0.2) is 36.7 Å². The molecule has 0 radical (unpaired) electrons. The molecule has 3 unspecified atom stereocenters. The highest BCUT2D eigenvalue weighted by Crippen LogP contribution is 2.47. The lowest BCUT2D eigenvalue weighted by Gasteiger charge is -2.11. The highest BCUT2D eigenvalue weighted by molar-refractivity contribution is 5.83. The zero-order valence-electron chi connectivity index (χ0n) is 12.3. The van der Waals surface area contributed by atoms with Crippen molar-refractivity contribution < 1.29 is 32.6 Å². The monoisotopic (exact) mass is 331 g/mol. The Morgan fingerprint density at radius 3 is 2.43 bits per heavy atom. The first-order valence-electron chi connectivity index (χ1n) is 6.94. The molecule has 1 aromatic rings. The van der Waals surface area contributed by atoms with E-state index in [0.717, 1.165) is 12.1 Å². The Morgan fingerprint density at radius 1 is 1.35 bits per heavy atom. The van der Waals surface area contributed by atoms with Gasteiger partial charge in [0.05, 0.1) is 12.1 Å². The molecule has 3 atom stereocenters. The molecular formula is C15H16F3NO4. The fourth-order valence-corrected chi connectivity index (χ4v) is 2.37. The summed E-state index contributed by atoms with van der Waals surface area (Å²) in [5.41, 5.74) is -0.0630. The van der Waals surface area contributed by atoms with Crippen LogP contribution in [0.25, 0.3) is 0 Å². The number of benzene rings is 1. The average molecular weight is 331 g/mol. The number of hydrogen-bond donors (Lipinski definition) is 2. The van der Waals surface area contributed by atoms with E-state index >= 15 is 0 Å². The zero-order valence-corrected chi connectivity index (χ0v) is 12.3. The van der Waals surface area contributed by atoms with Gasteiger partial charge in [0, 0.05) is 13.0 Å². The van der Waals surface area contributed by atoms with Crippen LogP contribution in [0.3, 0.4) is 0 Å². The summed E-state index contributed by atoms with van der Waals surface area (Å²) in [5, 5.41) is 11.3. The van der Waals surface area contributed by atoms with Gasteiger partial charge >= 0.3 is 12.1 Å². The van der Waals surface area contributed by atoms with Gasteiger partial charge in [-0.05, 0) is 30.0 Å². The maximum atomic E-state index is 12.5. The van der Waals surface area contributed by atoms with Crippen LogP contribution in [0.4, 0.5) is 13.2 Å². The summed E-state index contributed by atoms with van der Waals surface area (Å²) in [6.45, 7) is -0.152. The molecule has 1 aromatic carbocycles. The van der Waals surface area contributed by atoms with E-state index in [1.165, 1.54) is 19.2 Å². The van der Waals surface area contributed by atoms with E-state index in [0.29, 0.717) is 12.0 Å². The van der Waals surface area contributed by atoms with Gasteiger partial charge in [-0.3, -0.25) is 4.79 Å². The lowest BCUT2D eigenvalue weighted by Crippen LogP contribution is -2.38. The first-order valence-corrected chi connectivity index (χ1v) is 6.94. The van der Waals surface area contributed by atoms with Crippen LogP contribution < -0.4 is 5.32 Å². The van der Waals surface area contributed by atoms with E-state index < -0.39 is 23.8 Å². The van der Waals surface area contributed by atoms with Gasteiger partial charge in [-0.25, -0.2) is 4.79 Å². The summed E-state index contributed by atoms with van der Waals surface area (Å²) in [6, 6.07) is 4.73. The smallest absolute Gasteiger partial charge is 0.416 e. The maximum absolute atomic E-state index is 12.5. The van der Waals surface area contributed by atoms with Crippen LogP contribution in [0.2, 0.25) is 0 Å². The zero-order chi connectivity index (χ0) is 17.2. The van der Waals surface area contributed by atoms with Gasteiger partial charge in [-0.15, -0.1) is 0 Å².